The number of carboxylic acid groups (broad SMARTS) is 1. The number of amides is 1. The van der Waals surface area contributed by atoms with Crippen molar-refractivity contribution < 1.29 is 44.3 Å². The van der Waals surface area contributed by atoms with E-state index in [1.165, 1.54) is 22.1 Å². The van der Waals surface area contributed by atoms with Gasteiger partial charge >= 0.3 is 29.6 Å². The number of aromatic nitrogens is 2. The topological polar surface area (TPSA) is 78.3 Å². The maximum atomic E-state index is 12.1. The van der Waals surface area contributed by atoms with Crippen molar-refractivity contribution in [3.63, 3.8) is 0 Å². The van der Waals surface area contributed by atoms with Crippen LogP contribution in [0, 0.1) is 0 Å². The summed E-state index contributed by atoms with van der Waals surface area (Å²) in [5.74, 6) is 1.39. The fraction of sp³-hybridized carbons (Fsp3) is 0.308. The van der Waals surface area contributed by atoms with Gasteiger partial charge in [0.05, 0.1) is 28.7 Å². The Hall–Kier alpha value is -0.670. The van der Waals surface area contributed by atoms with Gasteiger partial charge in [-0.1, -0.05) is 0 Å². The van der Waals surface area contributed by atoms with Crippen LogP contribution in [0.25, 0.3) is 6.08 Å². The van der Waals surface area contributed by atoms with Gasteiger partial charge < -0.3 is 14.5 Å². The van der Waals surface area contributed by atoms with Gasteiger partial charge in [0.2, 0.25) is 0 Å². The van der Waals surface area contributed by atoms with Crippen LogP contribution in [0.2, 0.25) is 0 Å². The van der Waals surface area contributed by atoms with E-state index in [2.05, 4.69) is 9.55 Å². The Morgan fingerprint density at radius 1 is 1.50 bits per heavy atom. The van der Waals surface area contributed by atoms with Gasteiger partial charge in [0.25, 0.3) is 5.91 Å². The molecule has 1 aromatic rings. The van der Waals surface area contributed by atoms with Gasteiger partial charge in [-0.3, -0.25) is 9.69 Å². The molecule has 22 heavy (non-hydrogen) atoms. The number of carbonyl (C=O) groups is 2. The number of β-lactam (4-membered cyclic amide) rings is 1. The predicted octanol–water partition coefficient (Wildman–Crippen LogP) is -2.98. The number of fused-ring (bicyclic) bond motifs is 2. The normalized spacial score (nSPS) is 24.3. The SMILES string of the molecule is O=C([O-])C1=CS[C@@H]2/C(=C\c3cn4c(n3)CSCC4)C(=O)N12.[Na+]. The Morgan fingerprint density at radius 2 is 2.32 bits per heavy atom. The molecule has 4 heterocycles. The molecule has 0 radical (unpaired) electrons. The van der Waals surface area contributed by atoms with Crippen molar-refractivity contribution >= 4 is 41.5 Å². The molecule has 0 saturated carbocycles. The van der Waals surface area contributed by atoms with E-state index >= 15 is 0 Å². The van der Waals surface area contributed by atoms with Crippen molar-refractivity contribution in [3.8, 4) is 0 Å². The van der Waals surface area contributed by atoms with E-state index in [0.29, 0.717) is 5.57 Å². The zero-order valence-electron chi connectivity index (χ0n) is 11.8. The fourth-order valence-corrected chi connectivity index (χ4v) is 4.60. The number of carbonyl (C=O) groups excluding carboxylic acids is 2. The number of aryl methyl sites for hydroxylation is 1. The van der Waals surface area contributed by atoms with E-state index < -0.39 is 5.97 Å². The van der Waals surface area contributed by atoms with Crippen molar-refractivity contribution in [1.29, 1.82) is 0 Å². The third-order valence-electron chi connectivity index (χ3n) is 3.63. The predicted molar refractivity (Wildman–Crippen MR) is 77.7 cm³/mol. The van der Waals surface area contributed by atoms with E-state index in [9.17, 15) is 14.7 Å². The van der Waals surface area contributed by atoms with Gasteiger partial charge in [0, 0.05) is 18.5 Å². The Labute approximate surface area is 157 Å². The molecule has 3 aliphatic heterocycles. The summed E-state index contributed by atoms with van der Waals surface area (Å²) in [5, 5.41) is 12.1. The van der Waals surface area contributed by atoms with Crippen LogP contribution in [-0.2, 0) is 21.9 Å². The standard InChI is InChI=1S/C13H11N3O3S2.Na/c17-11-8(12-16(11)9(5-21-12)13(18)19)3-7-4-15-1-2-20-6-10(15)14-7;/h3-5,12H,1-2,6H2,(H,18,19);/q;+1/p-1/b8-3-;/t12-;/m1./s1. The van der Waals surface area contributed by atoms with Crippen molar-refractivity contribution in [2.24, 2.45) is 0 Å². The second-order valence-corrected chi connectivity index (χ2v) is 6.94. The maximum Gasteiger partial charge on any atom is 1.00 e. The molecule has 0 bridgehead atoms. The number of rotatable bonds is 2. The molecular formula is C13H10N3NaO3S2. The number of hydrogen-bond donors (Lipinski definition) is 0. The summed E-state index contributed by atoms with van der Waals surface area (Å²) in [6.07, 6.45) is 3.71. The van der Waals surface area contributed by atoms with Crippen molar-refractivity contribution in [2.75, 3.05) is 5.75 Å². The summed E-state index contributed by atoms with van der Waals surface area (Å²) in [7, 11) is 0. The monoisotopic (exact) mass is 343 g/mol. The van der Waals surface area contributed by atoms with Crippen LogP contribution in [0.1, 0.15) is 11.5 Å². The number of carboxylic acids is 1. The molecule has 1 fully saturated rings. The number of nitrogens with zero attached hydrogens (tertiary/aromatic N) is 3. The van der Waals surface area contributed by atoms with Gasteiger partial charge in [-0.05, 0) is 11.5 Å². The van der Waals surface area contributed by atoms with Crippen molar-refractivity contribution in [3.05, 3.63) is 34.4 Å². The summed E-state index contributed by atoms with van der Waals surface area (Å²) < 4.78 is 2.11. The first-order chi connectivity index (χ1) is 10.1. The summed E-state index contributed by atoms with van der Waals surface area (Å²) in [5.41, 5.74) is 1.31. The molecule has 0 aromatic carbocycles. The molecule has 3 aliphatic rings. The second kappa shape index (κ2) is 6.09. The second-order valence-electron chi connectivity index (χ2n) is 4.88. The quantitative estimate of drug-likeness (QED) is 0.324. The number of imidazole rings is 1. The minimum Gasteiger partial charge on any atom is -0.543 e. The number of hydrogen-bond acceptors (Lipinski definition) is 6. The van der Waals surface area contributed by atoms with Gasteiger partial charge in [-0.15, -0.1) is 11.8 Å². The fourth-order valence-electron chi connectivity index (χ4n) is 2.60. The molecule has 0 aliphatic carbocycles. The summed E-state index contributed by atoms with van der Waals surface area (Å²) in [6, 6.07) is 0. The van der Waals surface area contributed by atoms with Crippen LogP contribution in [0.5, 0.6) is 0 Å². The maximum absolute atomic E-state index is 12.1. The average molecular weight is 343 g/mol. The van der Waals surface area contributed by atoms with E-state index in [1.54, 1.807) is 6.08 Å². The number of aliphatic carboxylic acids is 1. The molecule has 4 rings (SSSR count). The third-order valence-corrected chi connectivity index (χ3v) is 5.65. The molecule has 1 aromatic heterocycles. The first-order valence-electron chi connectivity index (χ1n) is 6.41. The molecule has 0 N–H and O–H groups in total. The van der Waals surface area contributed by atoms with Crippen molar-refractivity contribution in [1.82, 2.24) is 14.5 Å². The molecule has 1 saturated heterocycles. The van der Waals surface area contributed by atoms with Crippen LogP contribution in [-0.4, -0.2) is 37.5 Å². The van der Waals surface area contributed by atoms with Gasteiger partial charge in [-0.2, -0.15) is 11.8 Å². The molecule has 0 unspecified atom stereocenters. The summed E-state index contributed by atoms with van der Waals surface area (Å²) in [4.78, 5) is 28.8. The minimum absolute atomic E-state index is 0. The Balaban J connectivity index is 0.00000144. The molecule has 0 spiro atoms. The first kappa shape index (κ1) is 16.2. The number of thioether (sulfide) groups is 2. The van der Waals surface area contributed by atoms with Crippen LogP contribution < -0.4 is 34.7 Å². The smallest absolute Gasteiger partial charge is 0.543 e. The summed E-state index contributed by atoms with van der Waals surface area (Å²) >= 11 is 3.15. The van der Waals surface area contributed by atoms with E-state index in [1.807, 2.05) is 18.0 Å². The molecule has 108 valence electrons. The molecule has 1 amide bonds. The van der Waals surface area contributed by atoms with Crippen molar-refractivity contribution in [2.45, 2.75) is 17.7 Å². The zero-order chi connectivity index (χ0) is 14.6. The Bertz CT molecular complexity index is 705. The third kappa shape index (κ3) is 2.46. The van der Waals surface area contributed by atoms with Gasteiger partial charge in [0.1, 0.15) is 11.2 Å². The minimum atomic E-state index is -1.31. The molecular weight excluding hydrogens is 333 g/mol. The Kier molecular flexibility index (Phi) is 4.48. The van der Waals surface area contributed by atoms with Gasteiger partial charge in [-0.25, -0.2) is 4.98 Å². The van der Waals surface area contributed by atoms with Crippen LogP contribution >= 0.6 is 23.5 Å². The van der Waals surface area contributed by atoms with Crippen LogP contribution in [0.15, 0.2) is 22.9 Å². The first-order valence-corrected chi connectivity index (χ1v) is 8.51. The average Bonchev–Trinajstić information content (AvgIpc) is 3.05. The molecule has 6 nitrogen and oxygen atoms in total. The molecule has 1 atom stereocenters. The van der Waals surface area contributed by atoms with Crippen LogP contribution in [0.4, 0.5) is 0 Å². The van der Waals surface area contributed by atoms with Crippen LogP contribution in [0.3, 0.4) is 0 Å². The van der Waals surface area contributed by atoms with E-state index in [-0.39, 0.29) is 46.5 Å². The van der Waals surface area contributed by atoms with Gasteiger partial charge in [0.15, 0.2) is 0 Å². The Morgan fingerprint density at radius 3 is 3.05 bits per heavy atom. The summed E-state index contributed by atoms with van der Waals surface area (Å²) in [6.45, 7) is 0.935. The van der Waals surface area contributed by atoms with E-state index in [0.717, 1.165) is 29.6 Å². The largest absolute Gasteiger partial charge is 1.00 e. The zero-order valence-corrected chi connectivity index (χ0v) is 15.4. The van der Waals surface area contributed by atoms with E-state index in [4.69, 9.17) is 0 Å². The molecule has 9 heteroatoms.